The van der Waals surface area contributed by atoms with Crippen molar-refractivity contribution in [3.63, 3.8) is 0 Å². The van der Waals surface area contributed by atoms with Gasteiger partial charge in [-0.05, 0) is 24.5 Å². The van der Waals surface area contributed by atoms with Gasteiger partial charge < -0.3 is 5.32 Å². The topological polar surface area (TPSA) is 67.8 Å². The maximum atomic E-state index is 12.4. The zero-order chi connectivity index (χ0) is 15.7. The summed E-state index contributed by atoms with van der Waals surface area (Å²) in [5, 5.41) is 13.2. The second-order valence-electron chi connectivity index (χ2n) is 6.61. The molecule has 5 nitrogen and oxygen atoms in total. The third-order valence-corrected chi connectivity index (χ3v) is 5.15. The standard InChI is InChI=1S/C16H20N4OS/c1-16(2,3)15-20-19-12(22-15)9-18-14(21)11-7-6-10-5-4-8-17-13(10)11/h4-5,8,11H,6-7,9H2,1-3H3,(H,18,21). The summed E-state index contributed by atoms with van der Waals surface area (Å²) in [7, 11) is 0. The van der Waals surface area contributed by atoms with E-state index in [1.165, 1.54) is 5.56 Å². The molecule has 6 heteroatoms. The predicted molar refractivity (Wildman–Crippen MR) is 85.8 cm³/mol. The van der Waals surface area contributed by atoms with E-state index in [0.717, 1.165) is 28.6 Å². The van der Waals surface area contributed by atoms with E-state index in [9.17, 15) is 4.79 Å². The smallest absolute Gasteiger partial charge is 0.229 e. The fraction of sp³-hybridized carbons (Fsp3) is 0.500. The minimum absolute atomic E-state index is 0.00572. The van der Waals surface area contributed by atoms with Crippen molar-refractivity contribution in [2.24, 2.45) is 0 Å². The van der Waals surface area contributed by atoms with Gasteiger partial charge in [0.25, 0.3) is 0 Å². The molecule has 0 fully saturated rings. The maximum Gasteiger partial charge on any atom is 0.229 e. The van der Waals surface area contributed by atoms with Crippen LogP contribution < -0.4 is 5.32 Å². The molecule has 2 aromatic rings. The van der Waals surface area contributed by atoms with E-state index in [1.807, 2.05) is 6.07 Å². The number of hydrogen-bond acceptors (Lipinski definition) is 5. The third-order valence-electron chi connectivity index (χ3n) is 3.80. The Morgan fingerprint density at radius 1 is 1.41 bits per heavy atom. The molecule has 1 aliphatic rings. The van der Waals surface area contributed by atoms with Crippen LogP contribution >= 0.6 is 11.3 Å². The van der Waals surface area contributed by atoms with Crippen LogP contribution in [-0.4, -0.2) is 21.1 Å². The fourth-order valence-electron chi connectivity index (χ4n) is 2.58. The molecule has 0 saturated carbocycles. The number of aromatic nitrogens is 3. The molecule has 0 radical (unpaired) electrons. The van der Waals surface area contributed by atoms with Crippen LogP contribution in [0.1, 0.15) is 54.4 Å². The Kier molecular flexibility index (Phi) is 3.95. The van der Waals surface area contributed by atoms with E-state index in [-0.39, 0.29) is 17.2 Å². The Morgan fingerprint density at radius 3 is 2.95 bits per heavy atom. The van der Waals surface area contributed by atoms with Crippen LogP contribution in [0.15, 0.2) is 18.3 Å². The summed E-state index contributed by atoms with van der Waals surface area (Å²) in [6, 6.07) is 3.98. The number of nitrogens with zero attached hydrogens (tertiary/aromatic N) is 3. The van der Waals surface area contributed by atoms with Crippen molar-refractivity contribution in [3.8, 4) is 0 Å². The number of amides is 1. The van der Waals surface area contributed by atoms with Crippen molar-refractivity contribution >= 4 is 17.2 Å². The van der Waals surface area contributed by atoms with Crippen molar-refractivity contribution in [1.82, 2.24) is 20.5 Å². The molecule has 1 amide bonds. The number of hydrogen-bond donors (Lipinski definition) is 1. The summed E-state index contributed by atoms with van der Waals surface area (Å²) in [4.78, 5) is 16.8. The lowest BCUT2D eigenvalue weighted by molar-refractivity contribution is -0.122. The second kappa shape index (κ2) is 5.76. The molecular formula is C16H20N4OS. The van der Waals surface area contributed by atoms with Crippen LogP contribution in [0.25, 0.3) is 0 Å². The zero-order valence-electron chi connectivity index (χ0n) is 13.1. The zero-order valence-corrected chi connectivity index (χ0v) is 13.9. The first kappa shape index (κ1) is 15.1. The summed E-state index contributed by atoms with van der Waals surface area (Å²) in [5.74, 6) is -0.101. The Morgan fingerprint density at radius 2 is 2.23 bits per heavy atom. The van der Waals surface area contributed by atoms with Gasteiger partial charge in [0.15, 0.2) is 0 Å². The predicted octanol–water partition coefficient (Wildman–Crippen LogP) is 2.58. The minimum atomic E-state index is -0.133. The average molecular weight is 316 g/mol. The number of fused-ring (bicyclic) bond motifs is 1. The maximum absolute atomic E-state index is 12.4. The summed E-state index contributed by atoms with van der Waals surface area (Å²) in [6.45, 7) is 6.76. The number of pyridine rings is 1. The molecule has 2 heterocycles. The van der Waals surface area contributed by atoms with Gasteiger partial charge in [0.1, 0.15) is 10.0 Å². The summed E-state index contributed by atoms with van der Waals surface area (Å²) in [5.41, 5.74) is 2.11. The fourth-order valence-corrected chi connectivity index (χ4v) is 3.42. The van der Waals surface area contributed by atoms with Crippen LogP contribution in [0.2, 0.25) is 0 Å². The lowest BCUT2D eigenvalue weighted by atomic mass is 9.98. The van der Waals surface area contributed by atoms with Crippen LogP contribution in [0.4, 0.5) is 0 Å². The van der Waals surface area contributed by atoms with E-state index < -0.39 is 0 Å². The van der Waals surface area contributed by atoms with Gasteiger partial charge in [-0.15, -0.1) is 10.2 Å². The molecule has 2 aromatic heterocycles. The molecule has 1 atom stereocenters. The molecular weight excluding hydrogens is 296 g/mol. The van der Waals surface area contributed by atoms with Crippen LogP contribution in [-0.2, 0) is 23.2 Å². The number of aryl methyl sites for hydroxylation is 1. The molecule has 1 unspecified atom stereocenters. The molecule has 116 valence electrons. The van der Waals surface area contributed by atoms with Gasteiger partial charge in [0.05, 0.1) is 18.2 Å². The first-order chi connectivity index (χ1) is 10.4. The van der Waals surface area contributed by atoms with Crippen molar-refractivity contribution in [2.75, 3.05) is 0 Å². The molecule has 0 aromatic carbocycles. The Bertz CT molecular complexity index is 689. The molecule has 3 rings (SSSR count). The molecule has 0 saturated heterocycles. The van der Waals surface area contributed by atoms with Gasteiger partial charge in [-0.3, -0.25) is 9.78 Å². The highest BCUT2D eigenvalue weighted by Crippen LogP contribution is 2.31. The van der Waals surface area contributed by atoms with Crippen LogP contribution in [0.5, 0.6) is 0 Å². The van der Waals surface area contributed by atoms with Crippen molar-refractivity contribution in [2.45, 2.75) is 51.5 Å². The lowest BCUT2D eigenvalue weighted by Gasteiger charge is -2.12. The minimum Gasteiger partial charge on any atom is -0.349 e. The lowest BCUT2D eigenvalue weighted by Crippen LogP contribution is -2.28. The van der Waals surface area contributed by atoms with Gasteiger partial charge in [-0.1, -0.05) is 38.2 Å². The first-order valence-electron chi connectivity index (χ1n) is 7.49. The quantitative estimate of drug-likeness (QED) is 0.945. The highest BCUT2D eigenvalue weighted by Gasteiger charge is 2.29. The molecule has 22 heavy (non-hydrogen) atoms. The Balaban J connectivity index is 1.63. The van der Waals surface area contributed by atoms with E-state index in [2.05, 4.69) is 47.3 Å². The number of carbonyl (C=O) groups excluding carboxylic acids is 1. The monoisotopic (exact) mass is 316 g/mol. The second-order valence-corrected chi connectivity index (χ2v) is 7.67. The van der Waals surface area contributed by atoms with Gasteiger partial charge in [0, 0.05) is 11.6 Å². The molecule has 0 aliphatic heterocycles. The van der Waals surface area contributed by atoms with E-state index in [0.29, 0.717) is 6.54 Å². The van der Waals surface area contributed by atoms with Gasteiger partial charge in [-0.25, -0.2) is 0 Å². The average Bonchev–Trinajstić information content (AvgIpc) is 3.11. The van der Waals surface area contributed by atoms with E-state index in [4.69, 9.17) is 0 Å². The third kappa shape index (κ3) is 3.02. The molecule has 1 aliphatic carbocycles. The highest BCUT2D eigenvalue weighted by molar-refractivity contribution is 7.11. The van der Waals surface area contributed by atoms with Crippen molar-refractivity contribution < 1.29 is 4.79 Å². The van der Waals surface area contributed by atoms with E-state index in [1.54, 1.807) is 17.5 Å². The van der Waals surface area contributed by atoms with E-state index >= 15 is 0 Å². The van der Waals surface area contributed by atoms with Crippen molar-refractivity contribution in [1.29, 1.82) is 0 Å². The van der Waals surface area contributed by atoms with Crippen molar-refractivity contribution in [3.05, 3.63) is 39.6 Å². The summed E-state index contributed by atoms with van der Waals surface area (Å²) < 4.78 is 0. The largest absolute Gasteiger partial charge is 0.349 e. The Labute approximate surface area is 134 Å². The number of rotatable bonds is 3. The first-order valence-corrected chi connectivity index (χ1v) is 8.31. The van der Waals surface area contributed by atoms with Gasteiger partial charge in [-0.2, -0.15) is 0 Å². The van der Waals surface area contributed by atoms with Gasteiger partial charge >= 0.3 is 0 Å². The van der Waals surface area contributed by atoms with Crippen LogP contribution in [0.3, 0.4) is 0 Å². The summed E-state index contributed by atoms with van der Waals surface area (Å²) in [6.07, 6.45) is 3.51. The number of carbonyl (C=O) groups is 1. The molecule has 0 spiro atoms. The Hall–Kier alpha value is -1.82. The normalized spacial score (nSPS) is 17.3. The highest BCUT2D eigenvalue weighted by atomic mass is 32.1. The summed E-state index contributed by atoms with van der Waals surface area (Å²) >= 11 is 1.56. The van der Waals surface area contributed by atoms with Crippen LogP contribution in [0, 0.1) is 0 Å². The van der Waals surface area contributed by atoms with Gasteiger partial charge in [0.2, 0.25) is 5.91 Å². The molecule has 1 N–H and O–H groups in total. The SMILES string of the molecule is CC(C)(C)c1nnc(CNC(=O)C2CCc3cccnc32)s1. The number of nitrogens with one attached hydrogen (secondary N) is 1. The molecule has 0 bridgehead atoms.